The lowest BCUT2D eigenvalue weighted by molar-refractivity contribution is 0.0667. The average Bonchev–Trinajstić information content (AvgIpc) is 3.49. The maximum atomic E-state index is 12.8. The van der Waals surface area contributed by atoms with Gasteiger partial charge in [0, 0.05) is 30.0 Å². The summed E-state index contributed by atoms with van der Waals surface area (Å²) in [6.45, 7) is 1.63. The molecule has 1 aliphatic heterocycles. The molecule has 1 aliphatic carbocycles. The van der Waals surface area contributed by atoms with Gasteiger partial charge in [-0.15, -0.1) is 11.3 Å². The van der Waals surface area contributed by atoms with E-state index < -0.39 is 0 Å². The van der Waals surface area contributed by atoms with Crippen molar-refractivity contribution in [2.24, 2.45) is 5.92 Å². The lowest BCUT2D eigenvalue weighted by Gasteiger charge is -2.21. The third-order valence-corrected chi connectivity index (χ3v) is 6.66. The first-order valence-corrected chi connectivity index (χ1v) is 11.0. The van der Waals surface area contributed by atoms with Crippen LogP contribution in [0.5, 0.6) is 0 Å². The number of fused-ring (bicyclic) bond motifs is 1. The number of nitrogens with one attached hydrogen (secondary N) is 1. The van der Waals surface area contributed by atoms with Crippen molar-refractivity contribution in [3.63, 3.8) is 0 Å². The van der Waals surface area contributed by atoms with Gasteiger partial charge in [-0.3, -0.25) is 15.1 Å². The summed E-state index contributed by atoms with van der Waals surface area (Å²) in [6, 6.07) is 5.74. The summed E-state index contributed by atoms with van der Waals surface area (Å²) in [6.07, 6.45) is 9.47. The van der Waals surface area contributed by atoms with E-state index in [-0.39, 0.29) is 5.91 Å². The van der Waals surface area contributed by atoms with Gasteiger partial charge < -0.3 is 9.15 Å². The number of carbonyl (C=O) groups excluding carboxylic acids is 1. The first kappa shape index (κ1) is 18.5. The van der Waals surface area contributed by atoms with Crippen LogP contribution in [-0.2, 0) is 24.0 Å². The number of carbonyl (C=O) groups is 1. The number of hydrogen-bond donors (Lipinski definition) is 1. The molecule has 5 rings (SSSR count). The zero-order chi connectivity index (χ0) is 19.6. The Bertz CT molecular complexity index is 1010. The van der Waals surface area contributed by atoms with Gasteiger partial charge in [0.15, 0.2) is 10.9 Å². The van der Waals surface area contributed by atoms with Gasteiger partial charge in [-0.25, -0.2) is 4.98 Å². The van der Waals surface area contributed by atoms with Crippen molar-refractivity contribution in [1.29, 1.82) is 0 Å². The van der Waals surface area contributed by atoms with E-state index in [0.717, 1.165) is 73.8 Å². The lowest BCUT2D eigenvalue weighted by Crippen LogP contribution is -2.17. The van der Waals surface area contributed by atoms with Crippen molar-refractivity contribution in [2.75, 3.05) is 18.5 Å². The molecule has 150 valence electrons. The van der Waals surface area contributed by atoms with Crippen LogP contribution in [0.4, 0.5) is 5.13 Å². The second kappa shape index (κ2) is 8.08. The first-order valence-electron chi connectivity index (χ1n) is 10.2. The summed E-state index contributed by atoms with van der Waals surface area (Å²) in [4.78, 5) is 23.1. The number of aromatic nitrogens is 2. The van der Waals surface area contributed by atoms with Gasteiger partial charge in [-0.05, 0) is 68.2 Å². The first-order chi connectivity index (χ1) is 14.3. The largest absolute Gasteiger partial charge is 0.463 e. The van der Waals surface area contributed by atoms with Gasteiger partial charge in [0.1, 0.15) is 5.69 Å². The molecule has 0 aromatic carbocycles. The van der Waals surface area contributed by atoms with Crippen LogP contribution in [0.3, 0.4) is 0 Å². The monoisotopic (exact) mass is 409 g/mol. The van der Waals surface area contributed by atoms with Crippen molar-refractivity contribution in [3.8, 4) is 11.5 Å². The Morgan fingerprint density at radius 1 is 1.28 bits per heavy atom. The number of thiazole rings is 1. The highest BCUT2D eigenvalue weighted by Gasteiger charge is 2.22. The number of pyridine rings is 1. The van der Waals surface area contributed by atoms with Crippen molar-refractivity contribution >= 4 is 22.4 Å². The van der Waals surface area contributed by atoms with Crippen LogP contribution in [0.1, 0.15) is 45.8 Å². The molecule has 6 nitrogen and oxygen atoms in total. The number of ether oxygens (including phenoxy) is 1. The van der Waals surface area contributed by atoms with Gasteiger partial charge in [-0.2, -0.15) is 0 Å². The van der Waals surface area contributed by atoms with Crippen molar-refractivity contribution in [2.45, 2.75) is 38.5 Å². The predicted octanol–water partition coefficient (Wildman–Crippen LogP) is 4.51. The van der Waals surface area contributed by atoms with Gasteiger partial charge >= 0.3 is 0 Å². The molecule has 3 aromatic heterocycles. The second-order valence-electron chi connectivity index (χ2n) is 7.67. The molecule has 0 spiro atoms. The predicted molar refractivity (Wildman–Crippen MR) is 111 cm³/mol. The zero-order valence-electron chi connectivity index (χ0n) is 16.1. The maximum absolute atomic E-state index is 12.8. The van der Waals surface area contributed by atoms with Crippen LogP contribution < -0.4 is 5.32 Å². The Morgan fingerprint density at radius 3 is 3.00 bits per heavy atom. The molecular weight excluding hydrogens is 386 g/mol. The number of amides is 1. The molecule has 0 unspecified atom stereocenters. The molecule has 4 heterocycles. The van der Waals surface area contributed by atoms with Crippen LogP contribution in [0.15, 0.2) is 35.1 Å². The maximum Gasteiger partial charge on any atom is 0.259 e. The second-order valence-corrected chi connectivity index (χ2v) is 8.75. The third-order valence-electron chi connectivity index (χ3n) is 5.67. The van der Waals surface area contributed by atoms with Gasteiger partial charge in [0.05, 0.1) is 11.8 Å². The van der Waals surface area contributed by atoms with Crippen molar-refractivity contribution in [1.82, 2.24) is 9.97 Å². The minimum atomic E-state index is -0.162. The van der Waals surface area contributed by atoms with E-state index in [0.29, 0.717) is 16.6 Å². The summed E-state index contributed by atoms with van der Waals surface area (Å²) in [7, 11) is 0. The third kappa shape index (κ3) is 3.97. The lowest BCUT2D eigenvalue weighted by atomic mass is 9.95. The van der Waals surface area contributed by atoms with E-state index in [4.69, 9.17) is 14.1 Å². The fourth-order valence-electron chi connectivity index (χ4n) is 4.08. The molecule has 0 bridgehead atoms. The zero-order valence-corrected chi connectivity index (χ0v) is 17.0. The Balaban J connectivity index is 1.38. The number of furan rings is 1. The topological polar surface area (TPSA) is 77.2 Å². The average molecular weight is 410 g/mol. The quantitative estimate of drug-likeness (QED) is 0.671. The van der Waals surface area contributed by atoms with Crippen LogP contribution in [0.2, 0.25) is 0 Å². The van der Waals surface area contributed by atoms with Gasteiger partial charge in [-0.1, -0.05) is 0 Å². The standard InChI is InChI=1S/C22H23N3O3S/c26-21(16-12-15-3-1-4-17(15)23-13-16)25-22-24-20(18-5-2-8-28-18)19(29-22)11-14-6-9-27-10-7-14/h2,5,8,12-14H,1,3-4,6-7,9-11H2,(H,24,25,26). The summed E-state index contributed by atoms with van der Waals surface area (Å²) >= 11 is 1.54. The molecule has 1 N–H and O–H groups in total. The minimum Gasteiger partial charge on any atom is -0.463 e. The SMILES string of the molecule is O=C(Nc1nc(-c2ccco2)c(CC2CCOCC2)s1)c1cnc2c(c1)CCC2. The molecule has 1 saturated heterocycles. The number of hydrogen-bond acceptors (Lipinski definition) is 6. The Kier molecular flexibility index (Phi) is 5.16. The molecule has 3 aromatic rings. The molecule has 29 heavy (non-hydrogen) atoms. The Labute approximate surface area is 173 Å². The number of rotatable bonds is 5. The van der Waals surface area contributed by atoms with Crippen LogP contribution in [-0.4, -0.2) is 29.1 Å². The normalized spacial score (nSPS) is 16.7. The fourth-order valence-corrected chi connectivity index (χ4v) is 5.16. The Morgan fingerprint density at radius 2 is 2.17 bits per heavy atom. The fraction of sp³-hybridized carbons (Fsp3) is 0.409. The van der Waals surface area contributed by atoms with Gasteiger partial charge in [0.25, 0.3) is 5.91 Å². The van der Waals surface area contributed by atoms with Crippen LogP contribution >= 0.6 is 11.3 Å². The van der Waals surface area contributed by atoms with Gasteiger partial charge in [0.2, 0.25) is 0 Å². The minimum absolute atomic E-state index is 0.162. The van der Waals surface area contributed by atoms with Crippen molar-refractivity contribution < 1.29 is 13.9 Å². The summed E-state index contributed by atoms with van der Waals surface area (Å²) in [5.74, 6) is 1.15. The molecule has 1 fully saturated rings. The van der Waals surface area contributed by atoms with E-state index in [2.05, 4.69) is 10.3 Å². The summed E-state index contributed by atoms with van der Waals surface area (Å²) in [5, 5.41) is 3.57. The molecule has 0 radical (unpaired) electrons. The highest BCUT2D eigenvalue weighted by molar-refractivity contribution is 7.16. The molecule has 0 atom stereocenters. The highest BCUT2D eigenvalue weighted by atomic mass is 32.1. The summed E-state index contributed by atoms with van der Waals surface area (Å²) in [5.41, 5.74) is 3.73. The molecular formula is C22H23N3O3S. The van der Waals surface area contributed by atoms with E-state index in [1.165, 1.54) is 16.9 Å². The molecule has 7 heteroatoms. The molecule has 0 saturated carbocycles. The van der Waals surface area contributed by atoms with E-state index in [9.17, 15) is 4.79 Å². The number of anilines is 1. The summed E-state index contributed by atoms with van der Waals surface area (Å²) < 4.78 is 11.1. The number of nitrogens with zero attached hydrogens (tertiary/aromatic N) is 2. The molecule has 1 amide bonds. The molecule has 2 aliphatic rings. The van der Waals surface area contributed by atoms with Crippen molar-refractivity contribution in [3.05, 3.63) is 52.4 Å². The van der Waals surface area contributed by atoms with Crippen LogP contribution in [0.25, 0.3) is 11.5 Å². The smallest absolute Gasteiger partial charge is 0.259 e. The van der Waals surface area contributed by atoms with Crippen LogP contribution in [0, 0.1) is 5.92 Å². The highest BCUT2D eigenvalue weighted by Crippen LogP contribution is 2.35. The number of aryl methyl sites for hydroxylation is 2. The van der Waals surface area contributed by atoms with E-state index in [1.54, 1.807) is 12.5 Å². The van der Waals surface area contributed by atoms with E-state index >= 15 is 0 Å². The van der Waals surface area contributed by atoms with E-state index in [1.807, 2.05) is 18.2 Å². The Hall–Kier alpha value is -2.51.